The van der Waals surface area contributed by atoms with Crippen molar-refractivity contribution in [2.45, 2.75) is 32.7 Å². The van der Waals surface area contributed by atoms with E-state index in [0.717, 1.165) is 24.8 Å². The first-order chi connectivity index (χ1) is 8.26. The molecule has 2 heteroatoms. The van der Waals surface area contributed by atoms with Crippen molar-refractivity contribution >= 4 is 0 Å². The van der Waals surface area contributed by atoms with Crippen molar-refractivity contribution in [2.75, 3.05) is 13.1 Å². The first-order valence-electron chi connectivity index (χ1n) is 6.77. The summed E-state index contributed by atoms with van der Waals surface area (Å²) >= 11 is 0. The molecule has 0 radical (unpaired) electrons. The summed E-state index contributed by atoms with van der Waals surface area (Å²) in [7, 11) is 0. The Morgan fingerprint density at radius 3 is 2.71 bits per heavy atom. The lowest BCUT2D eigenvalue weighted by atomic mass is 9.98. The monoisotopic (exact) mass is 232 g/mol. The van der Waals surface area contributed by atoms with Crippen LogP contribution in [0.25, 0.3) is 0 Å². The fourth-order valence-electron chi connectivity index (χ4n) is 2.49. The van der Waals surface area contributed by atoms with Crippen LogP contribution in [0.1, 0.15) is 37.4 Å². The predicted molar refractivity (Wildman–Crippen MR) is 72.9 cm³/mol. The lowest BCUT2D eigenvalue weighted by Gasteiger charge is -2.20. The van der Waals surface area contributed by atoms with E-state index < -0.39 is 0 Å². The smallest absolute Gasteiger partial charge is 0.0447 e. The minimum Gasteiger partial charge on any atom is -0.329 e. The van der Waals surface area contributed by atoms with E-state index in [1.54, 1.807) is 0 Å². The van der Waals surface area contributed by atoms with Crippen LogP contribution < -0.4 is 11.1 Å². The van der Waals surface area contributed by atoms with Crippen LogP contribution in [0.2, 0.25) is 0 Å². The highest BCUT2D eigenvalue weighted by Crippen LogP contribution is 2.37. The number of hydrogen-bond donors (Lipinski definition) is 2. The molecular weight excluding hydrogens is 208 g/mol. The maximum atomic E-state index is 5.91. The molecule has 1 saturated carbocycles. The Morgan fingerprint density at radius 1 is 1.41 bits per heavy atom. The fourth-order valence-corrected chi connectivity index (χ4v) is 2.49. The van der Waals surface area contributed by atoms with Crippen LogP contribution in [0, 0.1) is 11.8 Å². The second-order valence-electron chi connectivity index (χ2n) is 5.22. The minimum atomic E-state index is 0.318. The summed E-state index contributed by atoms with van der Waals surface area (Å²) in [5.74, 6) is 1.78. The predicted octanol–water partition coefficient (Wildman–Crippen LogP) is 2.49. The average Bonchev–Trinajstić information content (AvgIpc) is 3.07. The summed E-state index contributed by atoms with van der Waals surface area (Å²) in [5, 5.41) is 3.63. The molecule has 1 aromatic carbocycles. The van der Waals surface area contributed by atoms with Gasteiger partial charge in [-0.1, -0.05) is 38.1 Å². The van der Waals surface area contributed by atoms with Gasteiger partial charge in [0.05, 0.1) is 0 Å². The largest absolute Gasteiger partial charge is 0.329 e. The summed E-state index contributed by atoms with van der Waals surface area (Å²) in [4.78, 5) is 0. The van der Waals surface area contributed by atoms with Crippen LogP contribution in [0.4, 0.5) is 0 Å². The first-order valence-corrected chi connectivity index (χ1v) is 6.77. The van der Waals surface area contributed by atoms with E-state index >= 15 is 0 Å². The number of rotatable bonds is 6. The zero-order valence-corrected chi connectivity index (χ0v) is 10.9. The van der Waals surface area contributed by atoms with Gasteiger partial charge < -0.3 is 11.1 Å². The van der Waals surface area contributed by atoms with Gasteiger partial charge in [-0.2, -0.15) is 0 Å². The molecule has 0 bridgehead atoms. The summed E-state index contributed by atoms with van der Waals surface area (Å²) in [6.07, 6.45) is 2.45. The topological polar surface area (TPSA) is 38.0 Å². The van der Waals surface area contributed by atoms with Gasteiger partial charge in [0.15, 0.2) is 0 Å². The molecule has 0 saturated heterocycles. The highest BCUT2D eigenvalue weighted by atomic mass is 14.9. The molecule has 0 amide bonds. The Bertz CT molecular complexity index is 362. The first kappa shape index (κ1) is 12.6. The van der Waals surface area contributed by atoms with E-state index in [-0.39, 0.29) is 0 Å². The number of hydrogen-bond acceptors (Lipinski definition) is 2. The lowest BCUT2D eigenvalue weighted by Crippen LogP contribution is -2.30. The third-order valence-corrected chi connectivity index (χ3v) is 3.95. The van der Waals surface area contributed by atoms with Crippen LogP contribution in [0.15, 0.2) is 24.3 Å². The van der Waals surface area contributed by atoms with Gasteiger partial charge in [0, 0.05) is 12.6 Å². The molecule has 0 spiro atoms. The summed E-state index contributed by atoms with van der Waals surface area (Å²) in [6, 6.07) is 8.95. The van der Waals surface area contributed by atoms with Crippen molar-refractivity contribution in [1.29, 1.82) is 0 Å². The lowest BCUT2D eigenvalue weighted by molar-refractivity contribution is 0.509. The van der Waals surface area contributed by atoms with Gasteiger partial charge in [-0.25, -0.2) is 0 Å². The molecule has 0 aliphatic heterocycles. The van der Waals surface area contributed by atoms with Crippen molar-refractivity contribution in [3.63, 3.8) is 0 Å². The summed E-state index contributed by atoms with van der Waals surface area (Å²) in [6.45, 7) is 6.32. The molecule has 94 valence electrons. The molecule has 0 heterocycles. The van der Waals surface area contributed by atoms with Gasteiger partial charge >= 0.3 is 0 Å². The molecule has 2 rings (SSSR count). The van der Waals surface area contributed by atoms with E-state index in [1.807, 2.05) is 0 Å². The van der Waals surface area contributed by atoms with Crippen LogP contribution in [-0.4, -0.2) is 13.1 Å². The summed E-state index contributed by atoms with van der Waals surface area (Å²) in [5.41, 5.74) is 8.70. The molecule has 3 N–H and O–H groups in total. The Balaban J connectivity index is 2.00. The Kier molecular flexibility index (Phi) is 4.19. The fraction of sp³-hybridized carbons (Fsp3) is 0.600. The molecule has 1 fully saturated rings. The van der Waals surface area contributed by atoms with Crippen molar-refractivity contribution in [2.24, 2.45) is 17.6 Å². The van der Waals surface area contributed by atoms with Crippen LogP contribution >= 0.6 is 0 Å². The molecule has 0 aromatic heterocycles. The zero-order valence-electron chi connectivity index (χ0n) is 10.9. The van der Waals surface area contributed by atoms with Crippen molar-refractivity contribution in [3.8, 4) is 0 Å². The number of nitrogens with one attached hydrogen (secondary N) is 1. The second kappa shape index (κ2) is 5.65. The van der Waals surface area contributed by atoms with Gasteiger partial charge in [0.2, 0.25) is 0 Å². The molecule has 17 heavy (non-hydrogen) atoms. The van der Waals surface area contributed by atoms with E-state index in [4.69, 9.17) is 5.73 Å². The van der Waals surface area contributed by atoms with Gasteiger partial charge in [-0.15, -0.1) is 0 Å². The third kappa shape index (κ3) is 3.08. The van der Waals surface area contributed by atoms with Crippen molar-refractivity contribution < 1.29 is 0 Å². The zero-order chi connectivity index (χ0) is 12.3. The molecule has 1 aliphatic rings. The normalized spacial score (nSPS) is 24.6. The Labute approximate surface area is 105 Å². The van der Waals surface area contributed by atoms with E-state index in [2.05, 4.69) is 43.4 Å². The number of benzene rings is 1. The van der Waals surface area contributed by atoms with Crippen LogP contribution in [0.5, 0.6) is 0 Å². The molecule has 1 aliphatic carbocycles. The average molecular weight is 232 g/mol. The third-order valence-electron chi connectivity index (χ3n) is 3.95. The van der Waals surface area contributed by atoms with Crippen LogP contribution in [0.3, 0.4) is 0 Å². The van der Waals surface area contributed by atoms with E-state index in [1.165, 1.54) is 17.5 Å². The van der Waals surface area contributed by atoms with E-state index in [9.17, 15) is 0 Å². The van der Waals surface area contributed by atoms with Gasteiger partial charge in [-0.3, -0.25) is 0 Å². The molecular formula is C15H24N2. The SMILES string of the molecule is CCc1ccccc1C(CN)NCC1CC1C. The highest BCUT2D eigenvalue weighted by molar-refractivity contribution is 5.30. The van der Waals surface area contributed by atoms with Gasteiger partial charge in [-0.05, 0) is 42.3 Å². The van der Waals surface area contributed by atoms with Crippen molar-refractivity contribution in [3.05, 3.63) is 35.4 Å². The Hall–Kier alpha value is -0.860. The van der Waals surface area contributed by atoms with Gasteiger partial charge in [0.1, 0.15) is 0 Å². The highest BCUT2D eigenvalue weighted by Gasteiger charge is 2.32. The quantitative estimate of drug-likeness (QED) is 0.791. The Morgan fingerprint density at radius 2 is 2.12 bits per heavy atom. The maximum absolute atomic E-state index is 5.91. The van der Waals surface area contributed by atoms with Crippen LogP contribution in [-0.2, 0) is 6.42 Å². The maximum Gasteiger partial charge on any atom is 0.0447 e. The minimum absolute atomic E-state index is 0.318. The van der Waals surface area contributed by atoms with Crippen molar-refractivity contribution in [1.82, 2.24) is 5.32 Å². The number of nitrogens with two attached hydrogens (primary N) is 1. The van der Waals surface area contributed by atoms with Gasteiger partial charge in [0.25, 0.3) is 0 Å². The number of aryl methyl sites for hydroxylation is 1. The molecule has 2 nitrogen and oxygen atoms in total. The van der Waals surface area contributed by atoms with E-state index in [0.29, 0.717) is 12.6 Å². The standard InChI is InChI=1S/C15H24N2/c1-3-12-6-4-5-7-14(12)15(9-16)17-10-13-8-11(13)2/h4-7,11,13,15,17H,3,8-10,16H2,1-2H3. The molecule has 3 unspecified atom stereocenters. The summed E-state index contributed by atoms with van der Waals surface area (Å²) < 4.78 is 0. The molecule has 3 atom stereocenters. The molecule has 1 aromatic rings. The second-order valence-corrected chi connectivity index (χ2v) is 5.22.